The number of hydrogen-bond donors (Lipinski definition) is 1. The molecule has 7 heteroatoms. The molecule has 0 aliphatic rings. The van der Waals surface area contributed by atoms with E-state index in [0.29, 0.717) is 6.29 Å². The van der Waals surface area contributed by atoms with E-state index < -0.39 is 4.92 Å². The predicted molar refractivity (Wildman–Crippen MR) is 55.5 cm³/mol. The Morgan fingerprint density at radius 3 is 2.43 bits per heavy atom. The minimum absolute atomic E-state index is 0.0915. The summed E-state index contributed by atoms with van der Waals surface area (Å²) in [5.74, 6) is -0.322. The molecule has 74 valence electrons. The van der Waals surface area contributed by atoms with Gasteiger partial charge in [0.2, 0.25) is 0 Å². The van der Waals surface area contributed by atoms with Gasteiger partial charge in [0.25, 0.3) is 5.69 Å². The highest BCUT2D eigenvalue weighted by Gasteiger charge is 2.20. The molecular weight excluding hydrogens is 322 g/mol. The first-order chi connectivity index (χ1) is 6.49. The molecule has 0 atom stereocenters. The highest BCUT2D eigenvalue weighted by molar-refractivity contribution is 9.13. The molecule has 0 aliphatic heterocycles. The molecule has 0 fully saturated rings. The fraction of sp³-hybridized carbons (Fsp3) is 0. The van der Waals surface area contributed by atoms with Crippen LogP contribution in [0.25, 0.3) is 0 Å². The first-order valence-corrected chi connectivity index (χ1v) is 4.88. The molecule has 5 nitrogen and oxygen atoms in total. The van der Waals surface area contributed by atoms with Crippen molar-refractivity contribution in [2.45, 2.75) is 0 Å². The fourth-order valence-electron chi connectivity index (χ4n) is 0.845. The third-order valence-corrected chi connectivity index (χ3v) is 3.62. The standard InChI is InChI=1S/C7H3Br2NO4/c8-5-4(10(13)14)1-3(2-11)7(12)6(5)9/h1-2,12H. The Hall–Kier alpha value is -0.950. The molecule has 0 bridgehead atoms. The van der Waals surface area contributed by atoms with E-state index >= 15 is 0 Å². The average molecular weight is 325 g/mol. The van der Waals surface area contributed by atoms with Gasteiger partial charge < -0.3 is 5.11 Å². The smallest absolute Gasteiger partial charge is 0.285 e. The van der Waals surface area contributed by atoms with Crippen LogP contribution in [0.4, 0.5) is 5.69 Å². The Morgan fingerprint density at radius 1 is 1.43 bits per heavy atom. The molecule has 1 rings (SSSR count). The summed E-state index contributed by atoms with van der Waals surface area (Å²) in [6.45, 7) is 0. The quantitative estimate of drug-likeness (QED) is 0.515. The molecule has 1 N–H and O–H groups in total. The molecule has 0 radical (unpaired) electrons. The number of aldehydes is 1. The highest BCUT2D eigenvalue weighted by Crippen LogP contribution is 2.40. The van der Waals surface area contributed by atoms with Crippen LogP contribution in [0.5, 0.6) is 5.75 Å². The number of aromatic hydroxyl groups is 1. The lowest BCUT2D eigenvalue weighted by molar-refractivity contribution is -0.385. The number of halogens is 2. The minimum Gasteiger partial charge on any atom is -0.506 e. The van der Waals surface area contributed by atoms with Crippen molar-refractivity contribution < 1.29 is 14.8 Å². The van der Waals surface area contributed by atoms with E-state index in [2.05, 4.69) is 31.9 Å². The van der Waals surface area contributed by atoms with Gasteiger partial charge in [-0.15, -0.1) is 0 Å². The van der Waals surface area contributed by atoms with E-state index in [1.165, 1.54) is 0 Å². The van der Waals surface area contributed by atoms with Crippen LogP contribution < -0.4 is 0 Å². The number of carbonyl (C=O) groups excluding carboxylic acids is 1. The molecule has 1 aromatic carbocycles. The van der Waals surface area contributed by atoms with Gasteiger partial charge in [-0.1, -0.05) is 0 Å². The zero-order chi connectivity index (χ0) is 10.9. The van der Waals surface area contributed by atoms with Gasteiger partial charge in [-0.2, -0.15) is 0 Å². The van der Waals surface area contributed by atoms with Crippen molar-refractivity contribution in [1.29, 1.82) is 0 Å². The lowest BCUT2D eigenvalue weighted by atomic mass is 10.2. The second-order valence-corrected chi connectivity index (χ2v) is 3.92. The molecule has 0 unspecified atom stereocenters. The number of nitrogens with zero attached hydrogens (tertiary/aromatic N) is 1. The number of rotatable bonds is 2. The van der Waals surface area contributed by atoms with Gasteiger partial charge in [0.1, 0.15) is 10.2 Å². The van der Waals surface area contributed by atoms with Gasteiger partial charge in [0, 0.05) is 6.07 Å². The normalized spacial score (nSPS) is 9.86. The van der Waals surface area contributed by atoms with Gasteiger partial charge in [-0.3, -0.25) is 14.9 Å². The average Bonchev–Trinajstić information content (AvgIpc) is 2.14. The zero-order valence-electron chi connectivity index (χ0n) is 6.53. The number of hydrogen-bond acceptors (Lipinski definition) is 4. The Kier molecular flexibility index (Phi) is 3.22. The number of nitro groups is 1. The monoisotopic (exact) mass is 323 g/mol. The third-order valence-electron chi connectivity index (χ3n) is 1.51. The van der Waals surface area contributed by atoms with Gasteiger partial charge in [-0.25, -0.2) is 0 Å². The molecule has 0 saturated carbocycles. The topological polar surface area (TPSA) is 80.4 Å². The van der Waals surface area contributed by atoms with Crippen LogP contribution in [-0.4, -0.2) is 16.3 Å². The maximum absolute atomic E-state index is 10.5. The lowest BCUT2D eigenvalue weighted by Crippen LogP contribution is -1.93. The van der Waals surface area contributed by atoms with E-state index in [1.807, 2.05) is 0 Å². The maximum atomic E-state index is 10.5. The van der Waals surface area contributed by atoms with Crippen LogP contribution in [0, 0.1) is 10.1 Å². The number of phenolic OH excluding ortho intramolecular Hbond substituents is 1. The van der Waals surface area contributed by atoms with E-state index in [4.69, 9.17) is 0 Å². The van der Waals surface area contributed by atoms with Crippen molar-refractivity contribution in [2.24, 2.45) is 0 Å². The van der Waals surface area contributed by atoms with E-state index in [0.717, 1.165) is 6.07 Å². The van der Waals surface area contributed by atoms with E-state index in [-0.39, 0.29) is 25.9 Å². The van der Waals surface area contributed by atoms with Crippen molar-refractivity contribution in [2.75, 3.05) is 0 Å². The molecule has 0 heterocycles. The van der Waals surface area contributed by atoms with Crippen molar-refractivity contribution in [3.8, 4) is 5.75 Å². The van der Waals surface area contributed by atoms with Crippen molar-refractivity contribution in [1.82, 2.24) is 0 Å². The fourth-order valence-corrected chi connectivity index (χ4v) is 1.72. The summed E-state index contributed by atoms with van der Waals surface area (Å²) in [6.07, 6.45) is 0.347. The Morgan fingerprint density at radius 2 is 2.00 bits per heavy atom. The Balaban J connectivity index is 3.56. The van der Waals surface area contributed by atoms with Crippen LogP contribution in [0.2, 0.25) is 0 Å². The van der Waals surface area contributed by atoms with Crippen LogP contribution in [0.1, 0.15) is 10.4 Å². The lowest BCUT2D eigenvalue weighted by Gasteiger charge is -2.03. The second-order valence-electron chi connectivity index (χ2n) is 2.34. The zero-order valence-corrected chi connectivity index (χ0v) is 9.70. The summed E-state index contributed by atoms with van der Waals surface area (Å²) in [5.41, 5.74) is -0.413. The molecule has 14 heavy (non-hydrogen) atoms. The van der Waals surface area contributed by atoms with Gasteiger partial charge in [0.05, 0.1) is 15.0 Å². The van der Waals surface area contributed by atoms with E-state index in [1.54, 1.807) is 0 Å². The van der Waals surface area contributed by atoms with Crippen LogP contribution in [0.3, 0.4) is 0 Å². The van der Waals surface area contributed by atoms with Crippen molar-refractivity contribution in [3.05, 3.63) is 30.7 Å². The van der Waals surface area contributed by atoms with Crippen LogP contribution in [0.15, 0.2) is 15.0 Å². The third kappa shape index (κ3) is 1.78. The van der Waals surface area contributed by atoms with Crippen LogP contribution >= 0.6 is 31.9 Å². The second kappa shape index (κ2) is 4.05. The van der Waals surface area contributed by atoms with Gasteiger partial charge in [-0.05, 0) is 31.9 Å². The van der Waals surface area contributed by atoms with Crippen molar-refractivity contribution >= 4 is 43.8 Å². The Bertz CT molecular complexity index is 419. The summed E-state index contributed by atoms with van der Waals surface area (Å²) < 4.78 is 0.194. The first kappa shape index (κ1) is 11.1. The van der Waals surface area contributed by atoms with Gasteiger partial charge in [0.15, 0.2) is 6.29 Å². The molecule has 0 saturated heterocycles. The summed E-state index contributed by atoms with van der Waals surface area (Å²) in [5, 5.41) is 19.9. The Labute approximate surface area is 95.1 Å². The summed E-state index contributed by atoms with van der Waals surface area (Å²) in [7, 11) is 0. The van der Waals surface area contributed by atoms with Crippen molar-refractivity contribution in [3.63, 3.8) is 0 Å². The van der Waals surface area contributed by atoms with E-state index in [9.17, 15) is 20.0 Å². The minimum atomic E-state index is -0.652. The number of carbonyl (C=O) groups is 1. The summed E-state index contributed by atoms with van der Waals surface area (Å²) >= 11 is 5.86. The molecule has 1 aromatic rings. The number of phenols is 1. The highest BCUT2D eigenvalue weighted by atomic mass is 79.9. The number of nitro benzene ring substituents is 1. The SMILES string of the molecule is O=Cc1cc([N+](=O)[O-])c(Br)c(Br)c1O. The van der Waals surface area contributed by atoms with Crippen LogP contribution in [-0.2, 0) is 0 Å². The largest absolute Gasteiger partial charge is 0.506 e. The summed E-state index contributed by atoms with van der Waals surface area (Å²) in [6, 6.07) is 0.997. The molecule has 0 aromatic heterocycles. The van der Waals surface area contributed by atoms with Gasteiger partial charge >= 0.3 is 0 Å². The maximum Gasteiger partial charge on any atom is 0.285 e. The molecule has 0 amide bonds. The first-order valence-electron chi connectivity index (χ1n) is 3.29. The molecular formula is C7H3Br2NO4. The summed E-state index contributed by atoms with van der Waals surface area (Å²) in [4.78, 5) is 20.3. The number of benzene rings is 1. The predicted octanol–water partition coefficient (Wildman–Crippen LogP) is 2.64. The molecule has 0 spiro atoms. The molecule has 0 aliphatic carbocycles.